The molecule has 0 unspecified atom stereocenters. The number of hydrogen-bond acceptors (Lipinski definition) is 5. The lowest BCUT2D eigenvalue weighted by Crippen LogP contribution is -2.02. The first-order valence-electron chi connectivity index (χ1n) is 14.7. The molecule has 4 nitrogen and oxygen atoms in total. The summed E-state index contributed by atoms with van der Waals surface area (Å²) >= 11 is 1.52. The molecule has 2 aliphatic carbocycles. The maximum Gasteiger partial charge on any atom is 0.124 e. The van der Waals surface area contributed by atoms with Gasteiger partial charge in [-0.15, -0.1) is 10.2 Å². The van der Waals surface area contributed by atoms with E-state index in [9.17, 15) is 0 Å². The second kappa shape index (κ2) is 10.0. The normalized spacial score (nSPS) is 12.0. The van der Waals surface area contributed by atoms with E-state index in [2.05, 4.69) is 137 Å². The molecule has 0 fully saturated rings. The standard InChI is InChI=1S/C39H24N4S/c1-3-11-24(12-4-1)27-16-9-10-18-31(27)38-37(25-13-5-2-6-14-25)39(41-43-40-38)35-22-34-30-20-19-29-28-17-8-7-15-26(28)21-32(29)33(30)23-36(34)44-42-35/h1-20,22-23H,21H2. The Balaban J connectivity index is 1.26. The lowest BCUT2D eigenvalue weighted by atomic mass is 9.91. The fraction of sp³-hybridized carbons (Fsp3) is 0.0256. The number of rotatable bonds is 4. The molecule has 1 aliphatic heterocycles. The van der Waals surface area contributed by atoms with Gasteiger partial charge in [-0.05, 0) is 85.0 Å². The van der Waals surface area contributed by atoms with Gasteiger partial charge in [0.2, 0.25) is 0 Å². The number of nitrogens with zero attached hydrogens (tertiary/aromatic N) is 4. The van der Waals surface area contributed by atoms with Crippen LogP contribution in [0.25, 0.3) is 77.2 Å². The Morgan fingerprint density at radius 2 is 1.18 bits per heavy atom. The third-order valence-corrected chi connectivity index (χ3v) is 9.54. The lowest BCUT2D eigenvalue weighted by Gasteiger charge is -2.15. The molecule has 3 aliphatic rings. The van der Waals surface area contributed by atoms with Gasteiger partial charge in [-0.2, -0.15) is 4.37 Å². The van der Waals surface area contributed by atoms with Crippen molar-refractivity contribution in [2.75, 3.05) is 0 Å². The van der Waals surface area contributed by atoms with E-state index in [0.717, 1.165) is 51.3 Å². The highest BCUT2D eigenvalue weighted by Crippen LogP contribution is 2.47. The number of fused-ring (bicyclic) bond motifs is 7. The van der Waals surface area contributed by atoms with Crippen LogP contribution in [0, 0.1) is 0 Å². The van der Waals surface area contributed by atoms with Crippen molar-refractivity contribution in [2.45, 2.75) is 6.42 Å². The summed E-state index contributed by atoms with van der Waals surface area (Å²) in [7, 11) is 0. The molecule has 6 aromatic rings. The Bertz CT molecular complexity index is 2310. The van der Waals surface area contributed by atoms with Crippen molar-refractivity contribution in [3.63, 3.8) is 0 Å². The largest absolute Gasteiger partial charge is 0.190 e. The van der Waals surface area contributed by atoms with Gasteiger partial charge >= 0.3 is 0 Å². The molecule has 0 saturated heterocycles. The van der Waals surface area contributed by atoms with Crippen LogP contribution in [0.1, 0.15) is 11.1 Å². The SMILES string of the molecule is c1ccc(-c2ccccc2-c2nnnc(-c3cc4c5ccc6c(c5cc-4sn3)Cc3ccccc3-6)c2-c2ccccc2)cc1. The smallest absolute Gasteiger partial charge is 0.124 e. The molecule has 0 spiro atoms. The summed E-state index contributed by atoms with van der Waals surface area (Å²) in [4.78, 5) is 1.17. The topological polar surface area (TPSA) is 51.6 Å². The monoisotopic (exact) mass is 580 g/mol. The first-order valence-corrected chi connectivity index (χ1v) is 15.5. The van der Waals surface area contributed by atoms with Gasteiger partial charge in [-0.1, -0.05) is 121 Å². The molecule has 9 rings (SSSR count). The van der Waals surface area contributed by atoms with Crippen LogP contribution in [0.15, 0.2) is 133 Å². The van der Waals surface area contributed by atoms with Crippen molar-refractivity contribution in [3.8, 4) is 66.5 Å². The van der Waals surface area contributed by atoms with Crippen LogP contribution in [0.3, 0.4) is 0 Å². The van der Waals surface area contributed by atoms with Gasteiger partial charge in [0.05, 0.1) is 4.88 Å². The Hall–Kier alpha value is -5.52. The molecule has 0 saturated carbocycles. The molecule has 0 N–H and O–H groups in total. The van der Waals surface area contributed by atoms with Crippen molar-refractivity contribution in [2.24, 2.45) is 0 Å². The first-order chi connectivity index (χ1) is 21.8. The quantitative estimate of drug-likeness (QED) is 0.208. The average Bonchev–Trinajstić information content (AvgIpc) is 3.67. The number of hydrogen-bond donors (Lipinski definition) is 0. The van der Waals surface area contributed by atoms with Gasteiger partial charge in [-0.25, -0.2) is 0 Å². The fourth-order valence-corrected chi connectivity index (χ4v) is 7.48. The summed E-state index contributed by atoms with van der Waals surface area (Å²) in [6.07, 6.45) is 0.961. The zero-order valence-corrected chi connectivity index (χ0v) is 24.4. The molecule has 0 atom stereocenters. The Labute approximate surface area is 258 Å². The molecule has 206 valence electrons. The molecule has 1 aromatic heterocycles. The van der Waals surface area contributed by atoms with Gasteiger partial charge in [0, 0.05) is 16.7 Å². The lowest BCUT2D eigenvalue weighted by molar-refractivity contribution is 0.877. The van der Waals surface area contributed by atoms with Crippen molar-refractivity contribution in [1.29, 1.82) is 0 Å². The Morgan fingerprint density at radius 1 is 0.500 bits per heavy atom. The second-order valence-electron chi connectivity index (χ2n) is 11.2. The molecule has 0 radical (unpaired) electrons. The molecular weight excluding hydrogens is 557 g/mol. The molecular formula is C39H24N4S. The van der Waals surface area contributed by atoms with E-state index in [1.807, 2.05) is 12.1 Å². The number of aromatic nitrogens is 4. The predicted molar refractivity (Wildman–Crippen MR) is 180 cm³/mol. The minimum Gasteiger partial charge on any atom is -0.190 e. The summed E-state index contributed by atoms with van der Waals surface area (Å²) in [6.45, 7) is 0. The van der Waals surface area contributed by atoms with Crippen molar-refractivity contribution < 1.29 is 0 Å². The molecule has 5 aromatic carbocycles. The fourth-order valence-electron chi connectivity index (χ4n) is 6.70. The van der Waals surface area contributed by atoms with Crippen LogP contribution in [0.2, 0.25) is 0 Å². The predicted octanol–water partition coefficient (Wildman–Crippen LogP) is 9.83. The van der Waals surface area contributed by atoms with Crippen molar-refractivity contribution >= 4 is 22.3 Å². The summed E-state index contributed by atoms with van der Waals surface area (Å²) in [5.41, 5.74) is 14.2. The maximum atomic E-state index is 5.02. The van der Waals surface area contributed by atoms with Gasteiger partial charge in [0.1, 0.15) is 17.1 Å². The van der Waals surface area contributed by atoms with Gasteiger partial charge < -0.3 is 0 Å². The molecule has 44 heavy (non-hydrogen) atoms. The van der Waals surface area contributed by atoms with E-state index in [-0.39, 0.29) is 0 Å². The third-order valence-electron chi connectivity index (χ3n) is 8.72. The van der Waals surface area contributed by atoms with Crippen molar-refractivity contribution in [3.05, 3.63) is 145 Å². The van der Waals surface area contributed by atoms with Crippen LogP contribution in [-0.2, 0) is 6.42 Å². The van der Waals surface area contributed by atoms with Gasteiger partial charge in [0.15, 0.2) is 0 Å². The zero-order chi connectivity index (χ0) is 29.0. The maximum absolute atomic E-state index is 5.02. The van der Waals surface area contributed by atoms with E-state index in [1.165, 1.54) is 55.0 Å². The van der Waals surface area contributed by atoms with E-state index in [0.29, 0.717) is 0 Å². The van der Waals surface area contributed by atoms with E-state index in [1.54, 1.807) is 0 Å². The van der Waals surface area contributed by atoms with Crippen LogP contribution in [0.4, 0.5) is 0 Å². The molecule has 5 heteroatoms. The number of benzene rings is 5. The van der Waals surface area contributed by atoms with Gasteiger partial charge in [0.25, 0.3) is 0 Å². The van der Waals surface area contributed by atoms with Crippen LogP contribution < -0.4 is 0 Å². The second-order valence-corrected chi connectivity index (χ2v) is 12.0. The van der Waals surface area contributed by atoms with Crippen molar-refractivity contribution in [1.82, 2.24) is 19.8 Å². The highest BCUT2D eigenvalue weighted by atomic mass is 32.1. The van der Waals surface area contributed by atoms with Crippen LogP contribution >= 0.6 is 11.5 Å². The van der Waals surface area contributed by atoms with E-state index in [4.69, 9.17) is 4.37 Å². The summed E-state index contributed by atoms with van der Waals surface area (Å²) in [5, 5.41) is 16.2. The zero-order valence-electron chi connectivity index (χ0n) is 23.6. The molecule has 0 amide bonds. The summed E-state index contributed by atoms with van der Waals surface area (Å²) in [5.74, 6) is 0. The Kier molecular flexibility index (Phi) is 5.71. The third kappa shape index (κ3) is 3.90. The average molecular weight is 581 g/mol. The van der Waals surface area contributed by atoms with E-state index < -0.39 is 0 Å². The molecule has 0 bridgehead atoms. The molecule has 2 heterocycles. The van der Waals surface area contributed by atoms with Crippen LogP contribution in [0.5, 0.6) is 0 Å². The highest BCUT2D eigenvalue weighted by Gasteiger charge is 2.25. The minimum absolute atomic E-state index is 0.727. The minimum atomic E-state index is 0.727. The Morgan fingerprint density at radius 3 is 2.00 bits per heavy atom. The summed E-state index contributed by atoms with van der Waals surface area (Å²) < 4.78 is 5.02. The van der Waals surface area contributed by atoms with E-state index >= 15 is 0 Å². The summed E-state index contributed by atoms with van der Waals surface area (Å²) in [6, 6.07) is 46.9. The highest BCUT2D eigenvalue weighted by molar-refractivity contribution is 7.09. The van der Waals surface area contributed by atoms with Crippen LogP contribution in [-0.4, -0.2) is 19.8 Å². The van der Waals surface area contributed by atoms with Gasteiger partial charge in [-0.3, -0.25) is 0 Å². The first kappa shape index (κ1) is 25.0.